The predicted octanol–water partition coefficient (Wildman–Crippen LogP) is 12.2. The van der Waals surface area contributed by atoms with Gasteiger partial charge in [0.2, 0.25) is 0 Å². The average molecular weight is 1080 g/mol. The molecule has 0 saturated heterocycles. The van der Waals surface area contributed by atoms with Crippen molar-refractivity contribution in [2.24, 2.45) is 0 Å². The van der Waals surface area contributed by atoms with Crippen LogP contribution in [-0.4, -0.2) is 114 Å². The highest BCUT2D eigenvalue weighted by Gasteiger charge is 2.34. The number of cyclic esters (lactones) is 2. The normalized spacial score (nSPS) is 13.8. The Bertz CT molecular complexity index is 2220. The van der Waals surface area contributed by atoms with E-state index in [0.29, 0.717) is 112 Å². The van der Waals surface area contributed by atoms with Crippen LogP contribution in [0.15, 0.2) is 29.4 Å². The molecule has 2 aliphatic heterocycles. The molecule has 0 fully saturated rings. The van der Waals surface area contributed by atoms with Crippen molar-refractivity contribution in [3.8, 4) is 23.0 Å². The second kappa shape index (κ2) is 31.3. The van der Waals surface area contributed by atoms with Crippen molar-refractivity contribution in [3.63, 3.8) is 0 Å². The number of hydrogen-bond donors (Lipinski definition) is 1. The summed E-state index contributed by atoms with van der Waals surface area (Å²) < 4.78 is 79.2. The number of hydrogen-bond acceptors (Lipinski definition) is 16. The third-order valence-corrected chi connectivity index (χ3v) is 19.0. The van der Waals surface area contributed by atoms with Gasteiger partial charge in [-0.3, -0.25) is 13.9 Å². The third-order valence-electron chi connectivity index (χ3n) is 11.3. The molecule has 2 aliphatic rings. The van der Waals surface area contributed by atoms with Crippen molar-refractivity contribution in [2.45, 2.75) is 139 Å². The lowest BCUT2D eigenvalue weighted by Crippen LogP contribution is -2.23. The van der Waals surface area contributed by atoms with Crippen LogP contribution >= 0.6 is 15.2 Å². The highest BCUT2D eigenvalue weighted by molar-refractivity contribution is 7.54. The van der Waals surface area contributed by atoms with Gasteiger partial charge in [0.1, 0.15) is 53.6 Å². The molecule has 0 bridgehead atoms. The Hall–Kier alpha value is -3.58. The van der Waals surface area contributed by atoms with E-state index in [1.54, 1.807) is 21.1 Å². The number of ether oxygens (including phenoxy) is 6. The molecule has 0 aromatic heterocycles. The Morgan fingerprint density at radius 2 is 1.19 bits per heavy atom. The lowest BCUT2D eigenvalue weighted by molar-refractivity contribution is -0.104. The summed E-state index contributed by atoms with van der Waals surface area (Å²) in [6, 6.07) is 3.79. The Balaban J connectivity index is 0.000000425. The Morgan fingerprint density at radius 1 is 0.694 bits per heavy atom. The van der Waals surface area contributed by atoms with Crippen LogP contribution in [0, 0.1) is 6.92 Å². The van der Waals surface area contributed by atoms with Gasteiger partial charge in [-0.05, 0) is 97.0 Å². The van der Waals surface area contributed by atoms with Gasteiger partial charge in [0.15, 0.2) is 0 Å². The van der Waals surface area contributed by atoms with Gasteiger partial charge in [0.05, 0.1) is 60.0 Å². The lowest BCUT2D eigenvalue weighted by Gasteiger charge is -2.21. The van der Waals surface area contributed by atoms with Crippen LogP contribution in [0.5, 0.6) is 23.0 Å². The van der Waals surface area contributed by atoms with E-state index in [-0.39, 0.29) is 25.2 Å². The van der Waals surface area contributed by atoms with Crippen LogP contribution in [0.3, 0.4) is 0 Å². The smallest absolute Gasteiger partial charge is 0.342 e. The fourth-order valence-corrected chi connectivity index (χ4v) is 12.1. The van der Waals surface area contributed by atoms with Gasteiger partial charge >= 0.3 is 27.1 Å². The standard InChI is InChI=1S/C26H44NO7PSi.C19H26O5Si.C7H17O3P/c1-9-33-35(29,34-10-2)15-13-27-17-19(3)11-12-21-24(30-5)20(4)22-18-32-26(28)23(22)25(21)31-14-16-36(6,7)8;1-13(11-20)6-7-15-16(22-2)10-14-12-24-19(21)17(14)18(15)23-8-9-25(3,4)5;1-4-7-11(8,9-5-2)10-6-3/h11,27H,9-10,12-18H2,1-8H3;6,10-11H,7-9,12H2,1-5H3;4-7H2,1-3H3/b19-11+;13-6+;. The number of rotatable bonds is 30. The van der Waals surface area contributed by atoms with Crippen LogP contribution in [0.1, 0.15) is 103 Å². The van der Waals surface area contributed by atoms with Crippen molar-refractivity contribution in [2.75, 3.05) is 79.3 Å². The first-order valence-electron chi connectivity index (χ1n) is 25.2. The van der Waals surface area contributed by atoms with E-state index in [0.717, 1.165) is 63.9 Å². The average Bonchev–Trinajstić information content (AvgIpc) is 3.88. The van der Waals surface area contributed by atoms with Crippen LogP contribution in [0.25, 0.3) is 0 Å². The number of benzene rings is 2. The fourth-order valence-electron chi connectivity index (χ4n) is 7.46. The topological polar surface area (TPSA) is 190 Å². The molecular weight excluding hydrogens is 997 g/mol. The molecule has 0 atom stereocenters. The SMILES string of the molecule is CCCP(=O)(OCC)OCC.CCOP(=O)(CCNC/C(C)=C/Cc1c(OC)c(C)c2c(c1OCC[Si](C)(C)C)C(=O)OC2)OCC.COc1cc2c(c(OCC[Si](C)(C)C)c1C/C=C(\C)C=O)C(=O)OC2. The van der Waals surface area contributed by atoms with Crippen LogP contribution in [-0.2, 0) is 67.5 Å². The van der Waals surface area contributed by atoms with Gasteiger partial charge in [-0.15, -0.1) is 0 Å². The summed E-state index contributed by atoms with van der Waals surface area (Å²) in [7, 11) is -5.12. The maximum atomic E-state index is 12.6. The number of nitrogens with one attached hydrogen (secondary N) is 1. The van der Waals surface area contributed by atoms with Crippen molar-refractivity contribution in [1.29, 1.82) is 0 Å². The molecule has 4 rings (SSSR count). The largest absolute Gasteiger partial charge is 0.496 e. The lowest BCUT2D eigenvalue weighted by atomic mass is 9.95. The maximum Gasteiger partial charge on any atom is 0.342 e. The van der Waals surface area contributed by atoms with E-state index in [2.05, 4.69) is 50.7 Å². The first kappa shape index (κ1) is 64.5. The monoisotopic (exact) mass is 1080 g/mol. The number of fused-ring (bicyclic) bond motifs is 2. The van der Waals surface area contributed by atoms with Gasteiger partial charge in [0.25, 0.3) is 0 Å². The molecule has 2 aromatic rings. The second-order valence-electron chi connectivity index (χ2n) is 19.8. The molecule has 408 valence electrons. The van der Waals surface area contributed by atoms with E-state index in [1.807, 2.05) is 60.6 Å². The van der Waals surface area contributed by atoms with E-state index in [4.69, 9.17) is 46.5 Å². The van der Waals surface area contributed by atoms with Gasteiger partial charge < -0.3 is 51.8 Å². The number of carbonyl (C=O) groups excluding carboxylic acids is 3. The minimum absolute atomic E-state index is 0.235. The molecule has 2 aromatic carbocycles. The molecule has 16 nitrogen and oxygen atoms in total. The molecule has 0 saturated carbocycles. The zero-order valence-corrected chi connectivity index (χ0v) is 50.1. The first-order chi connectivity index (χ1) is 33.9. The molecule has 20 heteroatoms. The third kappa shape index (κ3) is 21.0. The summed E-state index contributed by atoms with van der Waals surface area (Å²) in [6.45, 7) is 33.0. The van der Waals surface area contributed by atoms with Gasteiger partial charge in [0, 0.05) is 57.7 Å². The summed E-state index contributed by atoms with van der Waals surface area (Å²) in [6.07, 6.45) is 7.39. The van der Waals surface area contributed by atoms with Crippen molar-refractivity contribution in [1.82, 2.24) is 5.32 Å². The van der Waals surface area contributed by atoms with Crippen molar-refractivity contribution >= 4 is 49.6 Å². The molecule has 0 radical (unpaired) electrons. The van der Waals surface area contributed by atoms with Crippen molar-refractivity contribution < 1.29 is 70.0 Å². The van der Waals surface area contributed by atoms with E-state index < -0.39 is 31.3 Å². The van der Waals surface area contributed by atoms with Gasteiger partial charge in [-0.25, -0.2) is 9.59 Å². The first-order valence-corrected chi connectivity index (χ1v) is 36.1. The van der Waals surface area contributed by atoms with Gasteiger partial charge in [-0.1, -0.05) is 63.9 Å². The Morgan fingerprint density at radius 3 is 1.68 bits per heavy atom. The molecule has 0 spiro atoms. The fraction of sp³-hybridized carbons (Fsp3) is 0.635. The predicted molar refractivity (Wildman–Crippen MR) is 292 cm³/mol. The number of methoxy groups -OCH3 is 2. The molecule has 0 amide bonds. The Kier molecular flexibility index (Phi) is 28.1. The second-order valence-corrected chi connectivity index (χ2v) is 35.4. The quantitative estimate of drug-likeness (QED) is 0.0148. The number of aldehydes is 1. The molecule has 72 heavy (non-hydrogen) atoms. The van der Waals surface area contributed by atoms with Crippen LogP contribution in [0.2, 0.25) is 51.4 Å². The van der Waals surface area contributed by atoms with Gasteiger partial charge in [-0.2, -0.15) is 0 Å². The Labute approximate surface area is 433 Å². The minimum Gasteiger partial charge on any atom is -0.496 e. The molecule has 0 aliphatic carbocycles. The van der Waals surface area contributed by atoms with E-state index in [9.17, 15) is 23.5 Å². The zero-order valence-electron chi connectivity index (χ0n) is 46.3. The highest BCUT2D eigenvalue weighted by Crippen LogP contribution is 2.49. The molecule has 1 N–H and O–H groups in total. The van der Waals surface area contributed by atoms with E-state index >= 15 is 0 Å². The van der Waals surface area contributed by atoms with Crippen molar-refractivity contribution in [3.05, 3.63) is 68.3 Å². The van der Waals surface area contributed by atoms with Crippen LogP contribution in [0.4, 0.5) is 0 Å². The number of esters is 2. The maximum absolute atomic E-state index is 12.6. The molecular formula is C52H87NO15P2Si2. The van der Waals surface area contributed by atoms with E-state index in [1.165, 1.54) is 0 Å². The van der Waals surface area contributed by atoms with Crippen LogP contribution < -0.4 is 24.3 Å². The minimum atomic E-state index is -3.06. The highest BCUT2D eigenvalue weighted by atomic mass is 31.2. The summed E-state index contributed by atoms with van der Waals surface area (Å²) in [4.78, 5) is 35.7. The summed E-state index contributed by atoms with van der Waals surface area (Å²) in [5.41, 5.74) is 6.93. The molecule has 0 unspecified atom stereocenters. The summed E-state index contributed by atoms with van der Waals surface area (Å²) >= 11 is 0. The molecule has 2 heterocycles. The summed E-state index contributed by atoms with van der Waals surface area (Å²) in [5, 5.41) is 3.32. The number of carbonyl (C=O) groups is 3. The number of allylic oxidation sites excluding steroid dienone is 3. The zero-order chi connectivity index (χ0) is 54.3. The summed E-state index contributed by atoms with van der Waals surface area (Å²) in [5.74, 6) is 1.80.